The first kappa shape index (κ1) is 17.2. The SMILES string of the molecule is C[C@H]1CN(S(=O)(=O)c2cccc(-c3cn4ccccc4n3)c2)C[C@H](C)O1. The van der Waals surface area contributed by atoms with Crippen molar-refractivity contribution in [3.05, 3.63) is 54.9 Å². The molecule has 0 N–H and O–H groups in total. The van der Waals surface area contributed by atoms with Crippen LogP contribution in [0, 0.1) is 0 Å². The summed E-state index contributed by atoms with van der Waals surface area (Å²) in [6.45, 7) is 4.52. The molecule has 1 fully saturated rings. The Morgan fingerprint density at radius 3 is 2.58 bits per heavy atom. The maximum absolute atomic E-state index is 13.1. The third-order valence-corrected chi connectivity index (χ3v) is 6.35. The normalized spacial score (nSPS) is 21.9. The van der Waals surface area contributed by atoms with Crippen LogP contribution in [0.5, 0.6) is 0 Å². The van der Waals surface area contributed by atoms with Crippen molar-refractivity contribution in [1.82, 2.24) is 13.7 Å². The molecule has 0 unspecified atom stereocenters. The molecule has 0 spiro atoms. The summed E-state index contributed by atoms with van der Waals surface area (Å²) in [6, 6.07) is 12.8. The number of morpholine rings is 1. The zero-order valence-corrected chi connectivity index (χ0v) is 15.6. The summed E-state index contributed by atoms with van der Waals surface area (Å²) in [7, 11) is -3.57. The van der Waals surface area contributed by atoms with Crippen molar-refractivity contribution in [2.75, 3.05) is 13.1 Å². The van der Waals surface area contributed by atoms with Crippen molar-refractivity contribution in [2.24, 2.45) is 0 Å². The second kappa shape index (κ2) is 6.50. The van der Waals surface area contributed by atoms with Crippen LogP contribution >= 0.6 is 0 Å². The van der Waals surface area contributed by atoms with Crippen LogP contribution < -0.4 is 0 Å². The number of benzene rings is 1. The highest BCUT2D eigenvalue weighted by Crippen LogP contribution is 2.26. The molecule has 0 amide bonds. The molecule has 6 nitrogen and oxygen atoms in total. The lowest BCUT2D eigenvalue weighted by Crippen LogP contribution is -2.48. The van der Waals surface area contributed by atoms with Crippen molar-refractivity contribution in [2.45, 2.75) is 31.0 Å². The zero-order chi connectivity index (χ0) is 18.3. The number of aromatic nitrogens is 2. The Kier molecular flexibility index (Phi) is 4.30. The molecule has 0 bridgehead atoms. The van der Waals surface area contributed by atoms with Gasteiger partial charge in [-0.3, -0.25) is 0 Å². The van der Waals surface area contributed by atoms with Gasteiger partial charge in [-0.25, -0.2) is 13.4 Å². The van der Waals surface area contributed by atoms with E-state index in [1.165, 1.54) is 4.31 Å². The van der Waals surface area contributed by atoms with E-state index < -0.39 is 10.0 Å². The minimum Gasteiger partial charge on any atom is -0.373 e. The molecule has 2 atom stereocenters. The maximum atomic E-state index is 13.1. The maximum Gasteiger partial charge on any atom is 0.243 e. The first-order valence-corrected chi connectivity index (χ1v) is 10.1. The fourth-order valence-corrected chi connectivity index (χ4v) is 5.00. The number of sulfonamides is 1. The quantitative estimate of drug-likeness (QED) is 0.710. The number of imidazole rings is 1. The highest BCUT2D eigenvalue weighted by Gasteiger charge is 2.32. The van der Waals surface area contributed by atoms with Crippen LogP contribution in [-0.2, 0) is 14.8 Å². The van der Waals surface area contributed by atoms with Gasteiger partial charge >= 0.3 is 0 Å². The van der Waals surface area contributed by atoms with Gasteiger partial charge in [0, 0.05) is 31.0 Å². The molecule has 136 valence electrons. The lowest BCUT2D eigenvalue weighted by molar-refractivity contribution is -0.0440. The fraction of sp³-hybridized carbons (Fsp3) is 0.316. The molecule has 2 aromatic heterocycles. The van der Waals surface area contributed by atoms with Crippen LogP contribution in [0.2, 0.25) is 0 Å². The summed E-state index contributed by atoms with van der Waals surface area (Å²) >= 11 is 0. The van der Waals surface area contributed by atoms with E-state index in [9.17, 15) is 8.42 Å². The molecular weight excluding hydrogens is 350 g/mol. The van der Waals surface area contributed by atoms with E-state index in [0.717, 1.165) is 16.9 Å². The lowest BCUT2D eigenvalue weighted by atomic mass is 10.2. The minimum atomic E-state index is -3.57. The first-order chi connectivity index (χ1) is 12.4. The molecule has 26 heavy (non-hydrogen) atoms. The van der Waals surface area contributed by atoms with Crippen LogP contribution in [0.15, 0.2) is 59.8 Å². The van der Waals surface area contributed by atoms with E-state index in [4.69, 9.17) is 4.74 Å². The Labute approximate surface area is 153 Å². The molecule has 1 saturated heterocycles. The number of hydrogen-bond donors (Lipinski definition) is 0. The van der Waals surface area contributed by atoms with Crippen molar-refractivity contribution < 1.29 is 13.2 Å². The second-order valence-corrected chi connectivity index (χ2v) is 8.64. The van der Waals surface area contributed by atoms with Crippen LogP contribution in [0.25, 0.3) is 16.9 Å². The Morgan fingerprint density at radius 1 is 1.08 bits per heavy atom. The van der Waals surface area contributed by atoms with Gasteiger partial charge in [-0.2, -0.15) is 4.31 Å². The molecule has 3 aromatic rings. The molecule has 7 heteroatoms. The van der Waals surface area contributed by atoms with Gasteiger partial charge in [0.25, 0.3) is 0 Å². The van der Waals surface area contributed by atoms with E-state index in [1.54, 1.807) is 18.2 Å². The number of pyridine rings is 1. The van der Waals surface area contributed by atoms with Crippen molar-refractivity contribution >= 4 is 15.7 Å². The van der Waals surface area contributed by atoms with Gasteiger partial charge in [0.05, 0.1) is 22.8 Å². The third-order valence-electron chi connectivity index (χ3n) is 4.52. The molecule has 1 aromatic carbocycles. The van der Waals surface area contributed by atoms with Crippen molar-refractivity contribution in [1.29, 1.82) is 0 Å². The third kappa shape index (κ3) is 3.13. The fourth-order valence-electron chi connectivity index (χ4n) is 3.37. The van der Waals surface area contributed by atoms with E-state index in [-0.39, 0.29) is 17.1 Å². The number of nitrogens with zero attached hydrogens (tertiary/aromatic N) is 3. The van der Waals surface area contributed by atoms with Crippen LogP contribution in [-0.4, -0.2) is 47.4 Å². The summed E-state index contributed by atoms with van der Waals surface area (Å²) in [5, 5.41) is 0. The molecule has 0 aliphatic carbocycles. The average molecular weight is 371 g/mol. The first-order valence-electron chi connectivity index (χ1n) is 8.63. The number of fused-ring (bicyclic) bond motifs is 1. The number of hydrogen-bond acceptors (Lipinski definition) is 4. The van der Waals surface area contributed by atoms with Crippen molar-refractivity contribution in [3.8, 4) is 11.3 Å². The monoisotopic (exact) mass is 371 g/mol. The molecule has 4 rings (SSSR count). The smallest absolute Gasteiger partial charge is 0.243 e. The van der Waals surface area contributed by atoms with E-state index in [2.05, 4.69) is 4.98 Å². The Morgan fingerprint density at radius 2 is 1.85 bits per heavy atom. The number of rotatable bonds is 3. The van der Waals surface area contributed by atoms with E-state index in [0.29, 0.717) is 13.1 Å². The molecule has 1 aliphatic rings. The van der Waals surface area contributed by atoms with Gasteiger partial charge in [0.2, 0.25) is 10.0 Å². The van der Waals surface area contributed by atoms with Crippen LogP contribution in [0.1, 0.15) is 13.8 Å². The predicted octanol–water partition coefficient (Wildman–Crippen LogP) is 2.80. The summed E-state index contributed by atoms with van der Waals surface area (Å²) in [6.07, 6.45) is 3.59. The highest BCUT2D eigenvalue weighted by atomic mass is 32.2. The number of ether oxygens (including phenoxy) is 1. The molecule has 1 aliphatic heterocycles. The lowest BCUT2D eigenvalue weighted by Gasteiger charge is -2.34. The summed E-state index contributed by atoms with van der Waals surface area (Å²) in [4.78, 5) is 4.86. The largest absolute Gasteiger partial charge is 0.373 e. The van der Waals surface area contributed by atoms with Gasteiger partial charge in [0.15, 0.2) is 0 Å². The molecule has 3 heterocycles. The van der Waals surface area contributed by atoms with E-state index >= 15 is 0 Å². The minimum absolute atomic E-state index is 0.116. The van der Waals surface area contributed by atoms with Gasteiger partial charge in [0.1, 0.15) is 5.65 Å². The zero-order valence-electron chi connectivity index (χ0n) is 14.7. The van der Waals surface area contributed by atoms with Gasteiger partial charge < -0.3 is 9.14 Å². The molecular formula is C19H21N3O3S. The topological polar surface area (TPSA) is 63.9 Å². The van der Waals surface area contributed by atoms with Crippen LogP contribution in [0.4, 0.5) is 0 Å². The molecule has 0 saturated carbocycles. The summed E-state index contributed by atoms with van der Waals surface area (Å²) < 4.78 is 35.2. The summed E-state index contributed by atoms with van der Waals surface area (Å²) in [5.41, 5.74) is 2.35. The van der Waals surface area contributed by atoms with Crippen LogP contribution in [0.3, 0.4) is 0 Å². The highest BCUT2D eigenvalue weighted by molar-refractivity contribution is 7.89. The van der Waals surface area contributed by atoms with Gasteiger partial charge in [-0.05, 0) is 38.1 Å². The van der Waals surface area contributed by atoms with E-state index in [1.807, 2.05) is 54.9 Å². The van der Waals surface area contributed by atoms with Gasteiger partial charge in [-0.15, -0.1) is 0 Å². The average Bonchev–Trinajstić information content (AvgIpc) is 3.05. The Balaban J connectivity index is 1.70. The Bertz CT molecular complexity index is 1000. The van der Waals surface area contributed by atoms with Crippen molar-refractivity contribution in [3.63, 3.8) is 0 Å². The second-order valence-electron chi connectivity index (χ2n) is 6.70. The Hall–Kier alpha value is -2.22. The predicted molar refractivity (Wildman–Crippen MR) is 99.4 cm³/mol. The molecule has 0 radical (unpaired) electrons. The summed E-state index contributed by atoms with van der Waals surface area (Å²) in [5.74, 6) is 0. The van der Waals surface area contributed by atoms with Gasteiger partial charge in [-0.1, -0.05) is 18.2 Å². The standard InChI is InChI=1S/C19H21N3O3S/c1-14-11-22(12-15(2)25-14)26(23,24)17-7-5-6-16(10-17)18-13-21-9-4-3-8-19(21)20-18/h3-10,13-15H,11-12H2,1-2H3/t14-,15-/m0/s1.